The lowest BCUT2D eigenvalue weighted by atomic mass is 9.95. The van der Waals surface area contributed by atoms with Crippen molar-refractivity contribution in [3.8, 4) is 0 Å². The van der Waals surface area contributed by atoms with Crippen LogP contribution in [0.25, 0.3) is 0 Å². The Morgan fingerprint density at radius 1 is 0.757 bits per heavy atom. The molecule has 0 radical (unpaired) electrons. The molecular weight excluding hydrogens is 484 g/mol. The van der Waals surface area contributed by atoms with Crippen LogP contribution >= 0.6 is 0 Å². The fraction of sp³-hybridized carbons (Fsp3) is 0.462. The molecule has 2 aromatic rings. The number of benzene rings is 2. The molecule has 4 rings (SSSR count). The molecule has 0 saturated carbocycles. The van der Waals surface area contributed by atoms with Crippen LogP contribution in [0.3, 0.4) is 0 Å². The lowest BCUT2D eigenvalue weighted by molar-refractivity contribution is -0.234. The van der Waals surface area contributed by atoms with Gasteiger partial charge in [0.05, 0.1) is 19.3 Å². The summed E-state index contributed by atoms with van der Waals surface area (Å²) in [6.07, 6.45) is -8.88. The minimum absolute atomic E-state index is 0.397. The van der Waals surface area contributed by atoms with E-state index in [1.54, 1.807) is 0 Å². The fourth-order valence-corrected chi connectivity index (χ4v) is 4.41. The Bertz CT molecular complexity index is 1010. The van der Waals surface area contributed by atoms with Crippen LogP contribution in [0.15, 0.2) is 72.4 Å². The van der Waals surface area contributed by atoms with Gasteiger partial charge in [0.15, 0.2) is 12.2 Å². The van der Waals surface area contributed by atoms with Gasteiger partial charge in [-0.15, -0.1) is 0 Å². The van der Waals surface area contributed by atoms with Crippen LogP contribution in [-0.4, -0.2) is 92.7 Å². The van der Waals surface area contributed by atoms with E-state index in [-0.39, 0.29) is 0 Å². The molecule has 0 aromatic heterocycles. The van der Waals surface area contributed by atoms with Crippen LogP contribution in [-0.2, 0) is 27.3 Å². The normalized spacial score (nSPS) is 32.1. The Labute approximate surface area is 214 Å². The summed E-state index contributed by atoms with van der Waals surface area (Å²) in [5.74, 6) is -1.36. The number of ether oxygens (including phenoxy) is 3. The van der Waals surface area contributed by atoms with Gasteiger partial charge in [-0.2, -0.15) is 0 Å². The predicted molar refractivity (Wildman–Crippen MR) is 131 cm³/mol. The van der Waals surface area contributed by atoms with Crippen molar-refractivity contribution < 1.29 is 44.8 Å². The second-order valence-corrected chi connectivity index (χ2v) is 9.06. The van der Waals surface area contributed by atoms with Gasteiger partial charge in [-0.3, -0.25) is 5.32 Å². The summed E-state index contributed by atoms with van der Waals surface area (Å²) in [5, 5.41) is 67.9. The first-order valence-corrected chi connectivity index (χ1v) is 12.1. The van der Waals surface area contributed by atoms with E-state index < -0.39 is 73.8 Å². The molecule has 5 unspecified atom stereocenters. The van der Waals surface area contributed by atoms with E-state index in [1.165, 1.54) is 0 Å². The van der Waals surface area contributed by atoms with Gasteiger partial charge in [0.1, 0.15) is 30.6 Å². The van der Waals surface area contributed by atoms with E-state index in [2.05, 4.69) is 10.6 Å². The molecule has 0 amide bonds. The average molecular weight is 519 g/mol. The molecule has 2 aliphatic heterocycles. The highest BCUT2D eigenvalue weighted by Crippen LogP contribution is 2.30. The van der Waals surface area contributed by atoms with Crippen LogP contribution in [0.4, 0.5) is 0 Å². The van der Waals surface area contributed by atoms with Crippen LogP contribution in [0.5, 0.6) is 0 Å². The van der Waals surface area contributed by atoms with Crippen molar-refractivity contribution >= 4 is 0 Å². The van der Waals surface area contributed by atoms with Crippen molar-refractivity contribution in [3.05, 3.63) is 83.5 Å². The first kappa shape index (κ1) is 27.3. The maximum absolute atomic E-state index is 11.4. The molecule has 2 aromatic carbocycles. The van der Waals surface area contributed by atoms with Gasteiger partial charge in [-0.05, 0) is 11.1 Å². The third kappa shape index (κ3) is 6.40. The van der Waals surface area contributed by atoms with E-state index in [4.69, 9.17) is 14.2 Å². The highest BCUT2D eigenvalue weighted by atomic mass is 16.7. The Morgan fingerprint density at radius 2 is 1.32 bits per heavy atom. The van der Waals surface area contributed by atoms with Crippen LogP contribution in [0, 0.1) is 0 Å². The monoisotopic (exact) mass is 518 g/mol. The van der Waals surface area contributed by atoms with E-state index in [1.807, 2.05) is 60.7 Å². The smallest absolute Gasteiger partial charge is 0.322 e. The molecule has 202 valence electrons. The van der Waals surface area contributed by atoms with E-state index in [9.17, 15) is 30.6 Å². The number of aliphatic hydroxyl groups is 6. The standard InChI is InChI=1S/C26H34N2O9/c29-13-17-20(31)22(33)23(34)26(36-17)37-24-18(14-30)35-25(28-12-16-9-5-2-6-10-16)19(21(24)32)27-11-15-7-3-1-4-8-15/h1-10,17-22,24-25,27-34H,11-14H2/t17?,18?,19?,20-,21?,22?,24+,25+/m0/s1. The van der Waals surface area contributed by atoms with E-state index in [0.29, 0.717) is 13.1 Å². The van der Waals surface area contributed by atoms with E-state index in [0.717, 1.165) is 11.1 Å². The number of rotatable bonds is 10. The molecule has 1 saturated heterocycles. The Hall–Kier alpha value is -2.74. The van der Waals surface area contributed by atoms with Gasteiger partial charge < -0.3 is 50.2 Å². The second-order valence-electron chi connectivity index (χ2n) is 9.06. The number of hydrogen-bond acceptors (Lipinski definition) is 11. The zero-order valence-corrected chi connectivity index (χ0v) is 20.1. The maximum Gasteiger partial charge on any atom is 0.322 e. The summed E-state index contributed by atoms with van der Waals surface area (Å²) >= 11 is 0. The van der Waals surface area contributed by atoms with Crippen molar-refractivity contribution in [2.24, 2.45) is 0 Å². The SMILES string of the molecule is OCC1OC(O[C@@H]2C(CO)O[C@@H](NCc3ccccc3)C(NCc3ccccc3)C2O)=C(O)C(O)[C@H]1O. The largest absolute Gasteiger partial charge is 0.504 e. The van der Waals surface area contributed by atoms with Crippen molar-refractivity contribution in [3.63, 3.8) is 0 Å². The first-order chi connectivity index (χ1) is 17.9. The molecule has 8 atom stereocenters. The lowest BCUT2D eigenvalue weighted by Crippen LogP contribution is -2.67. The summed E-state index contributed by atoms with van der Waals surface area (Å²) < 4.78 is 17.2. The summed E-state index contributed by atoms with van der Waals surface area (Å²) in [7, 11) is 0. The molecule has 11 heteroatoms. The molecular formula is C26H34N2O9. The zero-order valence-electron chi connectivity index (χ0n) is 20.1. The van der Waals surface area contributed by atoms with Crippen molar-refractivity contribution in [2.75, 3.05) is 13.2 Å². The molecule has 2 aliphatic rings. The minimum atomic E-state index is -1.76. The Morgan fingerprint density at radius 3 is 1.89 bits per heavy atom. The molecule has 8 N–H and O–H groups in total. The summed E-state index contributed by atoms with van der Waals surface area (Å²) in [5.41, 5.74) is 1.96. The minimum Gasteiger partial charge on any atom is -0.504 e. The van der Waals surface area contributed by atoms with E-state index >= 15 is 0 Å². The third-order valence-electron chi connectivity index (χ3n) is 6.51. The van der Waals surface area contributed by atoms with Crippen molar-refractivity contribution in [1.82, 2.24) is 10.6 Å². The summed E-state index contributed by atoms with van der Waals surface area (Å²) in [4.78, 5) is 0. The van der Waals surface area contributed by atoms with Gasteiger partial charge in [0.25, 0.3) is 0 Å². The molecule has 37 heavy (non-hydrogen) atoms. The third-order valence-corrected chi connectivity index (χ3v) is 6.51. The second kappa shape index (κ2) is 12.7. The molecule has 0 bridgehead atoms. The highest BCUT2D eigenvalue weighted by molar-refractivity contribution is 5.16. The van der Waals surface area contributed by atoms with Crippen LogP contribution < -0.4 is 10.6 Å². The van der Waals surface area contributed by atoms with Crippen molar-refractivity contribution in [2.45, 2.75) is 62.0 Å². The predicted octanol–water partition coefficient (Wildman–Crippen LogP) is -0.762. The molecule has 0 spiro atoms. The molecule has 2 heterocycles. The lowest BCUT2D eigenvalue weighted by Gasteiger charge is -2.45. The van der Waals surface area contributed by atoms with Crippen molar-refractivity contribution in [1.29, 1.82) is 0 Å². The van der Waals surface area contributed by atoms with Crippen LogP contribution in [0.2, 0.25) is 0 Å². The quantitative estimate of drug-likeness (QED) is 0.199. The highest BCUT2D eigenvalue weighted by Gasteiger charge is 2.48. The number of hydrogen-bond donors (Lipinski definition) is 8. The van der Waals surface area contributed by atoms with Gasteiger partial charge >= 0.3 is 5.95 Å². The Balaban J connectivity index is 1.55. The maximum atomic E-state index is 11.4. The molecule has 1 fully saturated rings. The van der Waals surface area contributed by atoms with Gasteiger partial charge in [0, 0.05) is 13.1 Å². The first-order valence-electron chi connectivity index (χ1n) is 12.1. The molecule has 0 aliphatic carbocycles. The Kier molecular flexibility index (Phi) is 9.35. The van der Waals surface area contributed by atoms with Gasteiger partial charge in [0.2, 0.25) is 5.76 Å². The summed E-state index contributed by atoms with van der Waals surface area (Å²) in [6.45, 7) is -0.353. The fourth-order valence-electron chi connectivity index (χ4n) is 4.41. The van der Waals surface area contributed by atoms with Gasteiger partial charge in [-0.1, -0.05) is 60.7 Å². The van der Waals surface area contributed by atoms with Crippen LogP contribution in [0.1, 0.15) is 11.1 Å². The molecule has 11 nitrogen and oxygen atoms in total. The van der Waals surface area contributed by atoms with Gasteiger partial charge in [-0.25, -0.2) is 0 Å². The summed E-state index contributed by atoms with van der Waals surface area (Å²) in [6, 6.07) is 18.5. The number of aliphatic hydroxyl groups excluding tert-OH is 6. The average Bonchev–Trinajstić information content (AvgIpc) is 2.93. The zero-order chi connectivity index (χ0) is 26.4. The number of nitrogens with one attached hydrogen (secondary N) is 2. The topological polar surface area (TPSA) is 173 Å².